The Morgan fingerprint density at radius 1 is 1.17 bits per heavy atom. The van der Waals surface area contributed by atoms with Crippen molar-refractivity contribution >= 4 is 38.9 Å². The number of nitrogens with zero attached hydrogens (tertiary/aromatic N) is 1. The maximum atomic E-state index is 12.7. The predicted molar refractivity (Wildman–Crippen MR) is 98.3 cm³/mol. The Morgan fingerprint density at radius 3 is 2.29 bits per heavy atom. The fourth-order valence-electron chi connectivity index (χ4n) is 2.84. The monoisotopic (exact) mass is 369 g/mol. The van der Waals surface area contributed by atoms with Gasteiger partial charge in [-0.3, -0.25) is 4.79 Å². The molecule has 0 heterocycles. The first-order chi connectivity index (χ1) is 11.3. The summed E-state index contributed by atoms with van der Waals surface area (Å²) < 4.78 is 27.0. The Kier molecular flexibility index (Phi) is 6.31. The minimum absolute atomic E-state index is 0.0777. The van der Waals surface area contributed by atoms with Crippen LogP contribution in [0.3, 0.4) is 0 Å². The van der Waals surface area contributed by atoms with Gasteiger partial charge in [-0.05, 0) is 49.3 Å². The first-order valence-corrected chi connectivity index (χ1v) is 9.82. The highest BCUT2D eigenvalue weighted by molar-refractivity contribution is 7.89. The molecule has 0 aromatic heterocycles. The van der Waals surface area contributed by atoms with Crippen molar-refractivity contribution in [1.29, 1.82) is 0 Å². The Morgan fingerprint density at radius 2 is 1.75 bits per heavy atom. The van der Waals surface area contributed by atoms with Gasteiger partial charge in [-0.25, -0.2) is 8.42 Å². The zero-order valence-electron chi connectivity index (χ0n) is 13.9. The van der Waals surface area contributed by atoms with Gasteiger partial charge in [0, 0.05) is 25.7 Å². The molecule has 1 aromatic carbocycles. The molecule has 2 rings (SSSR count). The summed E-state index contributed by atoms with van der Waals surface area (Å²) in [4.78, 5) is 11.2. The van der Waals surface area contributed by atoms with Crippen LogP contribution in [0.25, 0.3) is 0 Å². The topological polar surface area (TPSA) is 78.5 Å². The summed E-state index contributed by atoms with van der Waals surface area (Å²) in [5.41, 5.74) is 0.619. The minimum atomic E-state index is -3.50. The van der Waals surface area contributed by atoms with Crippen LogP contribution in [0.5, 0.6) is 0 Å². The lowest BCUT2D eigenvalue weighted by molar-refractivity contribution is -0.117. The quantitative estimate of drug-likeness (QED) is 0.797. The van der Waals surface area contributed by atoms with Crippen molar-refractivity contribution in [3.8, 4) is 0 Å². The van der Waals surface area contributed by atoms with Crippen LogP contribution in [-0.4, -0.2) is 36.8 Å². The average Bonchev–Trinajstić information content (AvgIpc) is 2.54. The number of amides is 1. The molecule has 1 saturated carbocycles. The SMILES string of the molecule is CC(=O)NC(=S)Nc1ccc(S(=O)(=O)N(C)C2CCCCC2)cc1. The molecular weight excluding hydrogens is 346 g/mol. The van der Waals surface area contributed by atoms with Gasteiger partial charge in [-0.1, -0.05) is 19.3 Å². The van der Waals surface area contributed by atoms with Gasteiger partial charge in [0.15, 0.2) is 5.11 Å². The lowest BCUT2D eigenvalue weighted by Crippen LogP contribution is -2.38. The first kappa shape index (κ1) is 18.8. The fourth-order valence-corrected chi connectivity index (χ4v) is 4.52. The van der Waals surface area contributed by atoms with Gasteiger partial charge in [0.05, 0.1) is 4.90 Å². The highest BCUT2D eigenvalue weighted by Crippen LogP contribution is 2.26. The highest BCUT2D eigenvalue weighted by atomic mass is 32.2. The van der Waals surface area contributed by atoms with Crippen molar-refractivity contribution in [3.63, 3.8) is 0 Å². The van der Waals surface area contributed by atoms with E-state index in [4.69, 9.17) is 12.2 Å². The van der Waals surface area contributed by atoms with E-state index in [2.05, 4.69) is 10.6 Å². The van der Waals surface area contributed by atoms with Gasteiger partial charge in [-0.15, -0.1) is 0 Å². The van der Waals surface area contributed by atoms with E-state index in [-0.39, 0.29) is 22.0 Å². The third-order valence-electron chi connectivity index (χ3n) is 4.17. The maximum Gasteiger partial charge on any atom is 0.243 e. The molecule has 24 heavy (non-hydrogen) atoms. The second-order valence-corrected chi connectivity index (χ2v) is 8.38. The third-order valence-corrected chi connectivity index (χ3v) is 6.30. The van der Waals surface area contributed by atoms with E-state index in [1.165, 1.54) is 17.6 Å². The number of carbonyl (C=O) groups is 1. The number of rotatable bonds is 4. The second-order valence-electron chi connectivity index (χ2n) is 5.97. The van der Waals surface area contributed by atoms with Gasteiger partial charge >= 0.3 is 0 Å². The normalized spacial score (nSPS) is 16.0. The van der Waals surface area contributed by atoms with Crippen molar-refractivity contribution in [2.24, 2.45) is 0 Å². The molecule has 0 spiro atoms. The number of nitrogens with one attached hydrogen (secondary N) is 2. The van der Waals surface area contributed by atoms with Gasteiger partial charge in [-0.2, -0.15) is 4.31 Å². The van der Waals surface area contributed by atoms with Gasteiger partial charge in [0.2, 0.25) is 15.9 Å². The summed E-state index contributed by atoms with van der Waals surface area (Å²) in [7, 11) is -1.84. The summed E-state index contributed by atoms with van der Waals surface area (Å²) >= 11 is 4.98. The summed E-state index contributed by atoms with van der Waals surface area (Å²) in [6.45, 7) is 1.37. The lowest BCUT2D eigenvalue weighted by Gasteiger charge is -2.30. The van der Waals surface area contributed by atoms with Gasteiger partial charge in [0.1, 0.15) is 0 Å². The zero-order valence-corrected chi connectivity index (χ0v) is 15.5. The van der Waals surface area contributed by atoms with Crippen LogP contribution >= 0.6 is 12.2 Å². The predicted octanol–water partition coefficient (Wildman–Crippen LogP) is 2.47. The third kappa shape index (κ3) is 4.75. The molecule has 1 aliphatic carbocycles. The van der Waals surface area contributed by atoms with E-state index in [1.54, 1.807) is 31.3 Å². The number of hydrogen-bond acceptors (Lipinski definition) is 4. The molecule has 1 amide bonds. The van der Waals surface area contributed by atoms with Crippen LogP contribution in [0.2, 0.25) is 0 Å². The van der Waals surface area contributed by atoms with E-state index in [0.717, 1.165) is 25.7 Å². The standard InChI is InChI=1S/C16H23N3O3S2/c1-12(20)17-16(23)18-13-8-10-15(11-9-13)24(21,22)19(2)14-6-4-3-5-7-14/h8-11,14H,3-7H2,1-2H3,(H2,17,18,20,23). The molecule has 8 heteroatoms. The van der Waals surface area contributed by atoms with E-state index in [1.807, 2.05) is 0 Å². The molecule has 1 fully saturated rings. The molecule has 0 unspecified atom stereocenters. The molecule has 0 bridgehead atoms. The minimum Gasteiger partial charge on any atom is -0.332 e. The Hall–Kier alpha value is -1.51. The van der Waals surface area contributed by atoms with Crippen LogP contribution in [0.15, 0.2) is 29.2 Å². The molecule has 0 atom stereocenters. The smallest absolute Gasteiger partial charge is 0.243 e. The molecular formula is C16H23N3O3S2. The number of sulfonamides is 1. The average molecular weight is 370 g/mol. The van der Waals surface area contributed by atoms with Crippen molar-refractivity contribution in [1.82, 2.24) is 9.62 Å². The van der Waals surface area contributed by atoms with Crippen LogP contribution in [0.1, 0.15) is 39.0 Å². The summed E-state index contributed by atoms with van der Waals surface area (Å²) in [6.07, 6.45) is 5.17. The van der Waals surface area contributed by atoms with Crippen LogP contribution in [-0.2, 0) is 14.8 Å². The molecule has 0 saturated heterocycles. The highest BCUT2D eigenvalue weighted by Gasteiger charge is 2.28. The largest absolute Gasteiger partial charge is 0.332 e. The second kappa shape index (κ2) is 8.04. The summed E-state index contributed by atoms with van der Waals surface area (Å²) in [5, 5.41) is 5.47. The maximum absolute atomic E-state index is 12.7. The van der Waals surface area contributed by atoms with E-state index >= 15 is 0 Å². The number of anilines is 1. The number of carbonyl (C=O) groups excluding carboxylic acids is 1. The Labute approximate surface area is 148 Å². The molecule has 0 aliphatic heterocycles. The number of thiocarbonyl (C=S) groups is 1. The van der Waals surface area contributed by atoms with E-state index < -0.39 is 10.0 Å². The molecule has 132 valence electrons. The van der Waals surface area contributed by atoms with Crippen molar-refractivity contribution in [2.75, 3.05) is 12.4 Å². The zero-order chi connectivity index (χ0) is 17.7. The Balaban J connectivity index is 2.08. The van der Waals surface area contributed by atoms with Crippen LogP contribution < -0.4 is 10.6 Å². The van der Waals surface area contributed by atoms with E-state index in [0.29, 0.717) is 5.69 Å². The van der Waals surface area contributed by atoms with Gasteiger partial charge in [0.25, 0.3) is 0 Å². The molecule has 6 nitrogen and oxygen atoms in total. The molecule has 1 aromatic rings. The summed E-state index contributed by atoms with van der Waals surface area (Å²) in [6, 6.07) is 6.44. The van der Waals surface area contributed by atoms with Crippen LogP contribution in [0, 0.1) is 0 Å². The molecule has 1 aliphatic rings. The lowest BCUT2D eigenvalue weighted by atomic mass is 9.96. The van der Waals surface area contributed by atoms with Crippen molar-refractivity contribution in [3.05, 3.63) is 24.3 Å². The number of hydrogen-bond donors (Lipinski definition) is 2. The van der Waals surface area contributed by atoms with Crippen molar-refractivity contribution < 1.29 is 13.2 Å². The Bertz CT molecular complexity index is 696. The molecule has 0 radical (unpaired) electrons. The van der Waals surface area contributed by atoms with Crippen LogP contribution in [0.4, 0.5) is 5.69 Å². The fraction of sp³-hybridized carbons (Fsp3) is 0.500. The molecule has 2 N–H and O–H groups in total. The van der Waals surface area contributed by atoms with Gasteiger partial charge < -0.3 is 10.6 Å². The summed E-state index contributed by atoms with van der Waals surface area (Å²) in [5.74, 6) is -0.263. The van der Waals surface area contributed by atoms with E-state index in [9.17, 15) is 13.2 Å². The first-order valence-electron chi connectivity index (χ1n) is 7.97. The van der Waals surface area contributed by atoms with Crippen molar-refractivity contribution in [2.45, 2.75) is 50.0 Å². The number of benzene rings is 1.